The molecule has 1 aromatic heterocycles. The summed E-state index contributed by atoms with van der Waals surface area (Å²) >= 11 is 0. The highest BCUT2D eigenvalue weighted by Crippen LogP contribution is 2.33. The molecule has 26 heavy (non-hydrogen) atoms. The molecule has 1 heterocycles. The van der Waals surface area contributed by atoms with E-state index in [0.717, 1.165) is 30.6 Å². The molecule has 0 saturated heterocycles. The Kier molecular flexibility index (Phi) is 5.18. The van der Waals surface area contributed by atoms with Gasteiger partial charge in [0.1, 0.15) is 5.76 Å². The molecular formula is C22H31N3O. The monoisotopic (exact) mass is 353 g/mol. The highest BCUT2D eigenvalue weighted by atomic mass is 16.5. The lowest BCUT2D eigenvalue weighted by Gasteiger charge is -2.29. The summed E-state index contributed by atoms with van der Waals surface area (Å²) in [5.41, 5.74) is 5.92. The number of aryl methyl sites for hydroxylation is 3. The van der Waals surface area contributed by atoms with Crippen LogP contribution in [-0.2, 0) is 19.4 Å². The van der Waals surface area contributed by atoms with Crippen LogP contribution >= 0.6 is 0 Å². The maximum atomic E-state index is 5.19. The Morgan fingerprint density at radius 3 is 2.58 bits per heavy atom. The second-order valence-corrected chi connectivity index (χ2v) is 7.97. The van der Waals surface area contributed by atoms with Gasteiger partial charge in [0, 0.05) is 31.4 Å². The number of anilines is 2. The SMILES string of the molecule is CCN(CC1CCCC1)c1cc2c(cc1CNc1cc(C)on1)CCC2. The number of hydrogen-bond donors (Lipinski definition) is 1. The van der Waals surface area contributed by atoms with E-state index in [1.807, 2.05) is 13.0 Å². The Morgan fingerprint density at radius 1 is 1.12 bits per heavy atom. The smallest absolute Gasteiger partial charge is 0.169 e. The van der Waals surface area contributed by atoms with Crippen molar-refractivity contribution in [3.8, 4) is 0 Å². The lowest BCUT2D eigenvalue weighted by Crippen LogP contribution is -2.29. The van der Waals surface area contributed by atoms with Crippen LogP contribution in [0.5, 0.6) is 0 Å². The molecule has 2 aliphatic rings. The van der Waals surface area contributed by atoms with Crippen LogP contribution in [0.25, 0.3) is 0 Å². The van der Waals surface area contributed by atoms with Crippen LogP contribution in [0.15, 0.2) is 22.7 Å². The van der Waals surface area contributed by atoms with E-state index >= 15 is 0 Å². The van der Waals surface area contributed by atoms with Gasteiger partial charge in [-0.1, -0.05) is 24.1 Å². The van der Waals surface area contributed by atoms with Crippen molar-refractivity contribution >= 4 is 11.5 Å². The van der Waals surface area contributed by atoms with E-state index in [-0.39, 0.29) is 0 Å². The molecule has 0 atom stereocenters. The van der Waals surface area contributed by atoms with Gasteiger partial charge in [0.25, 0.3) is 0 Å². The quantitative estimate of drug-likeness (QED) is 0.752. The van der Waals surface area contributed by atoms with Crippen LogP contribution in [-0.4, -0.2) is 18.2 Å². The first-order valence-corrected chi connectivity index (χ1v) is 10.3. The predicted octanol–water partition coefficient (Wildman–Crippen LogP) is 5.10. The number of hydrogen-bond acceptors (Lipinski definition) is 4. The molecular weight excluding hydrogens is 322 g/mol. The molecule has 1 fully saturated rings. The Morgan fingerprint density at radius 2 is 1.88 bits per heavy atom. The van der Waals surface area contributed by atoms with Crippen molar-refractivity contribution in [1.82, 2.24) is 5.16 Å². The van der Waals surface area contributed by atoms with Gasteiger partial charge < -0.3 is 14.7 Å². The normalized spacial score (nSPS) is 16.8. The van der Waals surface area contributed by atoms with Gasteiger partial charge >= 0.3 is 0 Å². The summed E-state index contributed by atoms with van der Waals surface area (Å²) in [5.74, 6) is 2.54. The molecule has 140 valence electrons. The van der Waals surface area contributed by atoms with Gasteiger partial charge in [-0.15, -0.1) is 0 Å². The summed E-state index contributed by atoms with van der Waals surface area (Å²) in [7, 11) is 0. The zero-order chi connectivity index (χ0) is 17.9. The van der Waals surface area contributed by atoms with E-state index in [4.69, 9.17) is 4.52 Å². The van der Waals surface area contributed by atoms with E-state index < -0.39 is 0 Å². The van der Waals surface area contributed by atoms with Gasteiger partial charge in [0.05, 0.1) is 0 Å². The minimum Gasteiger partial charge on any atom is -0.371 e. The minimum absolute atomic E-state index is 0.801. The fraction of sp³-hybridized carbons (Fsp3) is 0.591. The maximum Gasteiger partial charge on any atom is 0.169 e. The Balaban J connectivity index is 1.58. The second-order valence-electron chi connectivity index (χ2n) is 7.97. The van der Waals surface area contributed by atoms with Gasteiger partial charge in [0.2, 0.25) is 0 Å². The molecule has 0 unspecified atom stereocenters. The molecule has 4 heteroatoms. The van der Waals surface area contributed by atoms with E-state index in [2.05, 4.69) is 34.4 Å². The largest absolute Gasteiger partial charge is 0.371 e. The molecule has 0 aliphatic heterocycles. The summed E-state index contributed by atoms with van der Waals surface area (Å²) in [6.45, 7) is 7.30. The number of rotatable bonds is 7. The molecule has 0 radical (unpaired) electrons. The molecule has 0 spiro atoms. The van der Waals surface area contributed by atoms with Crippen LogP contribution < -0.4 is 10.2 Å². The van der Waals surface area contributed by atoms with Crippen molar-refractivity contribution in [1.29, 1.82) is 0 Å². The van der Waals surface area contributed by atoms with Gasteiger partial charge in [-0.05, 0) is 74.6 Å². The second kappa shape index (κ2) is 7.73. The third kappa shape index (κ3) is 3.74. The van der Waals surface area contributed by atoms with Crippen LogP contribution in [0.3, 0.4) is 0 Å². The lowest BCUT2D eigenvalue weighted by atomic mass is 10.0. The van der Waals surface area contributed by atoms with Gasteiger partial charge in [-0.3, -0.25) is 0 Å². The highest BCUT2D eigenvalue weighted by molar-refractivity contribution is 5.59. The number of benzene rings is 1. The predicted molar refractivity (Wildman–Crippen MR) is 107 cm³/mol. The Labute approximate surface area is 156 Å². The first kappa shape index (κ1) is 17.4. The first-order chi connectivity index (χ1) is 12.7. The molecule has 2 aromatic rings. The van der Waals surface area contributed by atoms with Gasteiger partial charge in [0.15, 0.2) is 5.82 Å². The van der Waals surface area contributed by atoms with E-state index in [1.165, 1.54) is 62.7 Å². The zero-order valence-corrected chi connectivity index (χ0v) is 16.2. The van der Waals surface area contributed by atoms with E-state index in [9.17, 15) is 0 Å². The molecule has 2 aliphatic carbocycles. The average molecular weight is 354 g/mol. The van der Waals surface area contributed by atoms with Crippen molar-refractivity contribution in [2.24, 2.45) is 5.92 Å². The number of aromatic nitrogens is 1. The number of nitrogens with one attached hydrogen (secondary N) is 1. The summed E-state index contributed by atoms with van der Waals surface area (Å²) in [5, 5.41) is 7.54. The molecule has 1 N–H and O–H groups in total. The fourth-order valence-corrected chi connectivity index (χ4v) is 4.64. The van der Waals surface area contributed by atoms with Crippen molar-refractivity contribution in [3.05, 3.63) is 40.6 Å². The van der Waals surface area contributed by atoms with Gasteiger partial charge in [-0.25, -0.2) is 0 Å². The van der Waals surface area contributed by atoms with E-state index in [0.29, 0.717) is 0 Å². The molecule has 1 aromatic carbocycles. The zero-order valence-electron chi connectivity index (χ0n) is 16.2. The summed E-state index contributed by atoms with van der Waals surface area (Å²) in [6, 6.07) is 6.88. The van der Waals surface area contributed by atoms with Crippen LogP contribution in [0.4, 0.5) is 11.5 Å². The van der Waals surface area contributed by atoms with Crippen LogP contribution in [0, 0.1) is 12.8 Å². The lowest BCUT2D eigenvalue weighted by molar-refractivity contribution is 0.399. The molecule has 1 saturated carbocycles. The first-order valence-electron chi connectivity index (χ1n) is 10.3. The Hall–Kier alpha value is -1.97. The van der Waals surface area contributed by atoms with Crippen LogP contribution in [0.2, 0.25) is 0 Å². The summed E-state index contributed by atoms with van der Waals surface area (Å²) in [4.78, 5) is 2.61. The third-order valence-corrected chi connectivity index (χ3v) is 6.06. The fourth-order valence-electron chi connectivity index (χ4n) is 4.64. The van der Waals surface area contributed by atoms with Crippen molar-refractivity contribution in [3.63, 3.8) is 0 Å². The van der Waals surface area contributed by atoms with E-state index in [1.54, 1.807) is 11.1 Å². The minimum atomic E-state index is 0.801. The van der Waals surface area contributed by atoms with Crippen molar-refractivity contribution in [2.45, 2.75) is 65.3 Å². The standard InChI is InChI=1S/C22H31N3O/c1-3-25(15-17-7-4-5-8-17)21-13-19-10-6-9-18(19)12-20(21)14-23-22-11-16(2)26-24-22/h11-13,17H,3-10,14-15H2,1-2H3,(H,23,24). The number of fused-ring (bicyclic) bond motifs is 1. The topological polar surface area (TPSA) is 41.3 Å². The third-order valence-electron chi connectivity index (χ3n) is 6.06. The molecule has 4 rings (SSSR count). The molecule has 4 nitrogen and oxygen atoms in total. The molecule has 0 amide bonds. The highest BCUT2D eigenvalue weighted by Gasteiger charge is 2.22. The van der Waals surface area contributed by atoms with Crippen LogP contribution in [0.1, 0.15) is 61.5 Å². The Bertz CT molecular complexity index is 746. The van der Waals surface area contributed by atoms with Crippen molar-refractivity contribution in [2.75, 3.05) is 23.3 Å². The van der Waals surface area contributed by atoms with Gasteiger partial charge in [-0.2, -0.15) is 0 Å². The molecule has 0 bridgehead atoms. The summed E-state index contributed by atoms with van der Waals surface area (Å²) < 4.78 is 5.19. The number of nitrogens with zero attached hydrogens (tertiary/aromatic N) is 2. The summed E-state index contributed by atoms with van der Waals surface area (Å²) in [6.07, 6.45) is 9.36. The maximum absolute atomic E-state index is 5.19. The van der Waals surface area contributed by atoms with Crippen molar-refractivity contribution < 1.29 is 4.52 Å². The average Bonchev–Trinajstić information content (AvgIpc) is 3.39.